The number of H-pyrrole nitrogens is 1. The molecule has 1 heterocycles. The maximum atomic E-state index is 11.5. The van der Waals surface area contributed by atoms with E-state index in [0.29, 0.717) is 16.5 Å². The minimum absolute atomic E-state index is 0.0545. The lowest BCUT2D eigenvalue weighted by Crippen LogP contribution is -2.12. The lowest BCUT2D eigenvalue weighted by atomic mass is 10.1. The first-order valence-electron chi connectivity index (χ1n) is 4.61. The van der Waals surface area contributed by atoms with Gasteiger partial charge in [0.05, 0.1) is 6.42 Å². The van der Waals surface area contributed by atoms with Crippen molar-refractivity contribution in [3.05, 3.63) is 45.2 Å². The van der Waals surface area contributed by atoms with Crippen LogP contribution in [0.25, 0.3) is 10.9 Å². The minimum atomic E-state index is -1.02. The smallest absolute Gasteiger partial charge is 0.307 e. The predicted octanol–water partition coefficient (Wildman–Crippen LogP) is 1.81. The minimum Gasteiger partial charge on any atom is -0.481 e. The van der Waals surface area contributed by atoms with Gasteiger partial charge in [0.15, 0.2) is 0 Å². The number of fused-ring (bicyclic) bond motifs is 1. The molecule has 0 saturated heterocycles. The Balaban J connectivity index is 2.81. The maximum Gasteiger partial charge on any atom is 0.307 e. The van der Waals surface area contributed by atoms with Gasteiger partial charge in [0.2, 0.25) is 0 Å². The summed E-state index contributed by atoms with van der Waals surface area (Å²) in [6.07, 6.45) is -0.261. The summed E-state index contributed by atoms with van der Waals surface area (Å²) in [5, 5.41) is 9.38. The summed E-state index contributed by atoms with van der Waals surface area (Å²) in [5.41, 5.74) is 0.485. The Morgan fingerprint density at radius 1 is 1.38 bits per heavy atom. The first kappa shape index (κ1) is 10.7. The first-order valence-corrected chi connectivity index (χ1v) is 4.98. The quantitative estimate of drug-likeness (QED) is 0.837. The summed E-state index contributed by atoms with van der Waals surface area (Å²) in [7, 11) is 0. The fraction of sp³-hybridized carbons (Fsp3) is 0.0909. The molecule has 1 aromatic carbocycles. The third-order valence-corrected chi connectivity index (χ3v) is 2.69. The van der Waals surface area contributed by atoms with Crippen molar-refractivity contribution in [2.24, 2.45) is 0 Å². The summed E-state index contributed by atoms with van der Waals surface area (Å²) >= 11 is 5.81. The molecule has 82 valence electrons. The third-order valence-electron chi connectivity index (χ3n) is 2.29. The lowest BCUT2D eigenvalue weighted by molar-refractivity contribution is -0.136. The Bertz CT molecular complexity index is 618. The van der Waals surface area contributed by atoms with Crippen molar-refractivity contribution >= 4 is 28.5 Å². The number of hydrogen-bond donors (Lipinski definition) is 2. The number of rotatable bonds is 2. The van der Waals surface area contributed by atoms with Crippen molar-refractivity contribution in [2.75, 3.05) is 0 Å². The van der Waals surface area contributed by atoms with Crippen molar-refractivity contribution in [2.45, 2.75) is 6.42 Å². The number of carbonyl (C=O) groups is 1. The van der Waals surface area contributed by atoms with E-state index in [1.54, 1.807) is 24.3 Å². The molecule has 16 heavy (non-hydrogen) atoms. The number of hydrogen-bond acceptors (Lipinski definition) is 2. The van der Waals surface area contributed by atoms with Gasteiger partial charge in [0.25, 0.3) is 5.56 Å². The van der Waals surface area contributed by atoms with Crippen LogP contribution in [0.1, 0.15) is 5.56 Å². The van der Waals surface area contributed by atoms with E-state index in [1.165, 1.54) is 0 Å². The molecule has 0 radical (unpaired) electrons. The van der Waals surface area contributed by atoms with Gasteiger partial charge in [-0.1, -0.05) is 29.8 Å². The van der Waals surface area contributed by atoms with Crippen molar-refractivity contribution in [3.8, 4) is 0 Å². The number of halogens is 1. The number of pyridine rings is 1. The van der Waals surface area contributed by atoms with Crippen LogP contribution in [0.3, 0.4) is 0 Å². The summed E-state index contributed by atoms with van der Waals surface area (Å²) in [6, 6.07) is 6.97. The van der Waals surface area contributed by atoms with Gasteiger partial charge < -0.3 is 10.1 Å². The molecule has 2 aromatic rings. The van der Waals surface area contributed by atoms with E-state index in [-0.39, 0.29) is 11.4 Å². The molecule has 0 unspecified atom stereocenters. The van der Waals surface area contributed by atoms with E-state index in [2.05, 4.69) is 4.98 Å². The molecular weight excluding hydrogens is 230 g/mol. The van der Waals surface area contributed by atoms with Gasteiger partial charge in [-0.25, -0.2) is 0 Å². The van der Waals surface area contributed by atoms with Crippen LogP contribution in [-0.4, -0.2) is 16.1 Å². The first-order chi connectivity index (χ1) is 7.59. The standard InChI is InChI=1S/C11H8ClNO3/c12-10-7(5-9(14)15)6-3-1-2-4-8(6)13-11(10)16/h1-4H,5H2,(H,13,16)(H,14,15). The van der Waals surface area contributed by atoms with E-state index >= 15 is 0 Å². The van der Waals surface area contributed by atoms with Crippen LogP contribution in [0.5, 0.6) is 0 Å². The highest BCUT2D eigenvalue weighted by Gasteiger charge is 2.13. The van der Waals surface area contributed by atoms with Crippen LogP contribution in [0.4, 0.5) is 0 Å². The Kier molecular flexibility index (Phi) is 2.66. The largest absolute Gasteiger partial charge is 0.481 e. The molecule has 1 aromatic heterocycles. The predicted molar refractivity (Wildman–Crippen MR) is 60.9 cm³/mol. The Morgan fingerprint density at radius 3 is 2.75 bits per heavy atom. The van der Waals surface area contributed by atoms with Crippen LogP contribution in [0.15, 0.2) is 29.1 Å². The lowest BCUT2D eigenvalue weighted by Gasteiger charge is -2.05. The number of benzene rings is 1. The molecule has 5 heteroatoms. The van der Waals surface area contributed by atoms with Gasteiger partial charge >= 0.3 is 5.97 Å². The maximum absolute atomic E-state index is 11.5. The molecule has 2 N–H and O–H groups in total. The highest BCUT2D eigenvalue weighted by Crippen LogP contribution is 2.21. The summed E-state index contributed by atoms with van der Waals surface area (Å²) < 4.78 is 0. The summed E-state index contributed by atoms with van der Waals surface area (Å²) in [4.78, 5) is 24.8. The number of aliphatic carboxylic acids is 1. The van der Waals surface area contributed by atoms with Crippen LogP contribution in [0, 0.1) is 0 Å². The molecule has 0 saturated carbocycles. The van der Waals surface area contributed by atoms with Crippen molar-refractivity contribution < 1.29 is 9.90 Å². The second-order valence-electron chi connectivity index (χ2n) is 3.36. The molecule has 0 amide bonds. The zero-order valence-electron chi connectivity index (χ0n) is 8.16. The number of aromatic nitrogens is 1. The summed E-state index contributed by atoms with van der Waals surface area (Å²) in [6.45, 7) is 0. The van der Waals surface area contributed by atoms with Crippen LogP contribution in [0.2, 0.25) is 5.02 Å². The normalized spacial score (nSPS) is 10.6. The van der Waals surface area contributed by atoms with Gasteiger partial charge in [-0.2, -0.15) is 0 Å². The second kappa shape index (κ2) is 3.98. The number of nitrogens with one attached hydrogen (secondary N) is 1. The molecule has 0 atom stereocenters. The fourth-order valence-corrected chi connectivity index (χ4v) is 1.83. The van der Waals surface area contributed by atoms with E-state index in [0.717, 1.165) is 0 Å². The zero-order chi connectivity index (χ0) is 11.7. The molecule has 0 bridgehead atoms. The average molecular weight is 238 g/mol. The zero-order valence-corrected chi connectivity index (χ0v) is 8.91. The number of aromatic amines is 1. The van der Waals surface area contributed by atoms with Gasteiger partial charge in [-0.15, -0.1) is 0 Å². The highest BCUT2D eigenvalue weighted by molar-refractivity contribution is 6.32. The van der Waals surface area contributed by atoms with E-state index in [1.807, 2.05) is 0 Å². The molecular formula is C11H8ClNO3. The van der Waals surface area contributed by atoms with Crippen molar-refractivity contribution in [1.29, 1.82) is 0 Å². The van der Waals surface area contributed by atoms with E-state index in [4.69, 9.17) is 16.7 Å². The second-order valence-corrected chi connectivity index (χ2v) is 3.74. The highest BCUT2D eigenvalue weighted by atomic mass is 35.5. The average Bonchev–Trinajstić information content (AvgIpc) is 2.24. The van der Waals surface area contributed by atoms with Crippen molar-refractivity contribution in [1.82, 2.24) is 4.98 Å². The molecule has 2 rings (SSSR count). The molecule has 0 aliphatic heterocycles. The molecule has 0 aliphatic carbocycles. The molecule has 0 fully saturated rings. The number of carboxylic acids is 1. The SMILES string of the molecule is O=C(O)Cc1c(Cl)c(=O)[nH]c2ccccc12. The van der Waals surface area contributed by atoms with E-state index in [9.17, 15) is 9.59 Å². The number of para-hydroxylation sites is 1. The van der Waals surface area contributed by atoms with Crippen molar-refractivity contribution in [3.63, 3.8) is 0 Å². The van der Waals surface area contributed by atoms with Gasteiger partial charge in [-0.3, -0.25) is 9.59 Å². The van der Waals surface area contributed by atoms with Gasteiger partial charge in [0, 0.05) is 10.9 Å². The topological polar surface area (TPSA) is 70.2 Å². The van der Waals surface area contributed by atoms with E-state index < -0.39 is 11.5 Å². The molecule has 4 nitrogen and oxygen atoms in total. The third kappa shape index (κ3) is 1.79. The van der Waals surface area contributed by atoms with Crippen LogP contribution < -0.4 is 5.56 Å². The van der Waals surface area contributed by atoms with Gasteiger partial charge in [0.1, 0.15) is 5.02 Å². The Hall–Kier alpha value is -1.81. The summed E-state index contributed by atoms with van der Waals surface area (Å²) in [5.74, 6) is -1.02. The van der Waals surface area contributed by atoms with Crippen LogP contribution in [-0.2, 0) is 11.2 Å². The Labute approximate surface area is 95.5 Å². The monoisotopic (exact) mass is 237 g/mol. The number of carboxylic acid groups (broad SMARTS) is 1. The molecule has 0 spiro atoms. The van der Waals surface area contributed by atoms with Gasteiger partial charge in [-0.05, 0) is 11.6 Å². The fourth-order valence-electron chi connectivity index (χ4n) is 1.61. The Morgan fingerprint density at radius 2 is 2.06 bits per heavy atom. The molecule has 0 aliphatic rings. The van der Waals surface area contributed by atoms with Crippen LogP contribution >= 0.6 is 11.6 Å².